The van der Waals surface area contributed by atoms with Crippen LogP contribution in [0.5, 0.6) is 0 Å². The topological polar surface area (TPSA) is 87.2 Å². The minimum absolute atomic E-state index is 0.112. The molecular formula is C18H24N6O2. The highest BCUT2D eigenvalue weighted by Gasteiger charge is 2.45. The van der Waals surface area contributed by atoms with Crippen LogP contribution in [0.2, 0.25) is 0 Å². The number of aromatic nitrogens is 4. The summed E-state index contributed by atoms with van der Waals surface area (Å²) in [5, 5.41) is 14.0. The molecule has 8 heteroatoms. The number of carbonyl (C=O) groups is 1. The van der Waals surface area contributed by atoms with E-state index in [2.05, 4.69) is 37.7 Å². The zero-order valence-corrected chi connectivity index (χ0v) is 15.0. The molecule has 0 spiro atoms. The summed E-state index contributed by atoms with van der Waals surface area (Å²) in [6.45, 7) is 5.20. The number of aromatic amines is 1. The van der Waals surface area contributed by atoms with Gasteiger partial charge in [0.2, 0.25) is 11.7 Å². The number of hydrogen-bond donors (Lipinski definition) is 1. The van der Waals surface area contributed by atoms with Gasteiger partial charge in [0.15, 0.2) is 0 Å². The first-order valence-electron chi connectivity index (χ1n) is 9.11. The van der Waals surface area contributed by atoms with Gasteiger partial charge in [-0.3, -0.25) is 9.69 Å². The Morgan fingerprint density at radius 1 is 1.31 bits per heavy atom. The van der Waals surface area contributed by atoms with Gasteiger partial charge in [-0.15, -0.1) is 10.2 Å². The van der Waals surface area contributed by atoms with Crippen molar-refractivity contribution in [3.05, 3.63) is 29.8 Å². The number of morpholine rings is 1. The zero-order chi connectivity index (χ0) is 17.9. The predicted octanol–water partition coefficient (Wildman–Crippen LogP) is 0.761. The number of H-pyrrole nitrogens is 1. The van der Waals surface area contributed by atoms with Crippen LogP contribution in [-0.2, 0) is 9.53 Å². The molecule has 1 aromatic carbocycles. The van der Waals surface area contributed by atoms with E-state index in [0.717, 1.165) is 51.4 Å². The average molecular weight is 356 g/mol. The first-order valence-corrected chi connectivity index (χ1v) is 9.11. The number of tetrazole rings is 1. The van der Waals surface area contributed by atoms with Gasteiger partial charge in [0.1, 0.15) is 0 Å². The highest BCUT2D eigenvalue weighted by Crippen LogP contribution is 2.48. The summed E-state index contributed by atoms with van der Waals surface area (Å²) in [5.41, 5.74) is 2.13. The second-order valence-corrected chi connectivity index (χ2v) is 7.02. The van der Waals surface area contributed by atoms with Crippen molar-refractivity contribution in [3.8, 4) is 11.4 Å². The van der Waals surface area contributed by atoms with Gasteiger partial charge in [0.05, 0.1) is 13.2 Å². The van der Waals surface area contributed by atoms with Crippen LogP contribution in [0.25, 0.3) is 11.4 Å². The Hall–Kier alpha value is -2.32. The number of nitrogens with zero attached hydrogens (tertiary/aromatic N) is 5. The van der Waals surface area contributed by atoms with E-state index in [4.69, 9.17) is 4.74 Å². The number of carbonyl (C=O) groups excluding carboxylic acids is 1. The molecule has 1 saturated carbocycles. The molecule has 2 fully saturated rings. The third kappa shape index (κ3) is 3.76. The van der Waals surface area contributed by atoms with E-state index in [1.165, 1.54) is 5.56 Å². The second kappa shape index (κ2) is 7.51. The van der Waals surface area contributed by atoms with Gasteiger partial charge < -0.3 is 9.64 Å². The van der Waals surface area contributed by atoms with E-state index < -0.39 is 0 Å². The maximum absolute atomic E-state index is 12.7. The number of hydrogen-bond acceptors (Lipinski definition) is 6. The maximum Gasteiger partial charge on any atom is 0.226 e. The molecule has 8 nitrogen and oxygen atoms in total. The Morgan fingerprint density at radius 3 is 2.77 bits per heavy atom. The van der Waals surface area contributed by atoms with Crippen LogP contribution < -0.4 is 0 Å². The van der Waals surface area contributed by atoms with Gasteiger partial charge in [0, 0.05) is 44.7 Å². The largest absolute Gasteiger partial charge is 0.379 e. The van der Waals surface area contributed by atoms with Crippen molar-refractivity contribution in [1.29, 1.82) is 0 Å². The number of nitrogens with one attached hydrogen (secondary N) is 1. The van der Waals surface area contributed by atoms with Crippen molar-refractivity contribution in [2.75, 3.05) is 46.4 Å². The second-order valence-electron chi connectivity index (χ2n) is 7.02. The molecule has 2 atom stereocenters. The van der Waals surface area contributed by atoms with Crippen molar-refractivity contribution < 1.29 is 9.53 Å². The Labute approximate surface area is 152 Å². The van der Waals surface area contributed by atoms with Crippen molar-refractivity contribution in [1.82, 2.24) is 30.4 Å². The summed E-state index contributed by atoms with van der Waals surface area (Å²) in [5.74, 6) is 1.28. The lowest BCUT2D eigenvalue weighted by molar-refractivity contribution is -0.131. The van der Waals surface area contributed by atoms with Crippen molar-refractivity contribution in [2.45, 2.75) is 12.3 Å². The molecular weight excluding hydrogens is 332 g/mol. The molecule has 0 bridgehead atoms. The summed E-state index contributed by atoms with van der Waals surface area (Å²) < 4.78 is 5.36. The fraction of sp³-hybridized carbons (Fsp3) is 0.556. The van der Waals surface area contributed by atoms with Gasteiger partial charge in [-0.25, -0.2) is 0 Å². The molecule has 26 heavy (non-hydrogen) atoms. The van der Waals surface area contributed by atoms with Crippen molar-refractivity contribution in [3.63, 3.8) is 0 Å². The molecule has 1 N–H and O–H groups in total. The first-order chi connectivity index (χ1) is 12.7. The molecule has 138 valence electrons. The van der Waals surface area contributed by atoms with E-state index in [1.807, 2.05) is 24.1 Å². The summed E-state index contributed by atoms with van der Waals surface area (Å²) in [4.78, 5) is 16.9. The minimum Gasteiger partial charge on any atom is -0.379 e. The fourth-order valence-electron chi connectivity index (χ4n) is 3.51. The fourth-order valence-corrected chi connectivity index (χ4v) is 3.51. The molecule has 4 rings (SSSR count). The van der Waals surface area contributed by atoms with E-state index in [-0.39, 0.29) is 11.8 Å². The van der Waals surface area contributed by atoms with Crippen LogP contribution in [-0.4, -0.2) is 82.8 Å². The Balaban J connectivity index is 1.29. The Bertz CT molecular complexity index is 727. The lowest BCUT2D eigenvalue weighted by Crippen LogP contribution is -2.42. The first kappa shape index (κ1) is 17.1. The van der Waals surface area contributed by atoms with E-state index in [1.54, 1.807) is 0 Å². The summed E-state index contributed by atoms with van der Waals surface area (Å²) in [6.07, 6.45) is 0.933. The Kier molecular flexibility index (Phi) is 4.94. The maximum atomic E-state index is 12.7. The highest BCUT2D eigenvalue weighted by molar-refractivity contribution is 5.82. The van der Waals surface area contributed by atoms with Crippen molar-refractivity contribution >= 4 is 5.91 Å². The molecule has 0 radical (unpaired) electrons. The van der Waals surface area contributed by atoms with Gasteiger partial charge >= 0.3 is 0 Å². The van der Waals surface area contributed by atoms with Crippen LogP contribution in [0.4, 0.5) is 0 Å². The minimum atomic E-state index is 0.112. The smallest absolute Gasteiger partial charge is 0.226 e. The summed E-state index contributed by atoms with van der Waals surface area (Å²) >= 11 is 0. The van der Waals surface area contributed by atoms with Gasteiger partial charge in [-0.05, 0) is 23.1 Å². The van der Waals surface area contributed by atoms with Crippen molar-refractivity contribution in [2.24, 2.45) is 5.92 Å². The van der Waals surface area contributed by atoms with Gasteiger partial charge in [0.25, 0.3) is 0 Å². The summed E-state index contributed by atoms with van der Waals surface area (Å²) in [6, 6.07) is 8.11. The number of amides is 1. The molecule has 1 aromatic heterocycles. The third-order valence-electron chi connectivity index (χ3n) is 5.28. The number of rotatable bonds is 6. The molecule has 2 heterocycles. The van der Waals surface area contributed by atoms with Gasteiger partial charge in [-0.1, -0.05) is 24.3 Å². The number of ether oxygens (including phenoxy) is 1. The zero-order valence-electron chi connectivity index (χ0n) is 15.0. The quantitative estimate of drug-likeness (QED) is 0.822. The monoisotopic (exact) mass is 356 g/mol. The summed E-state index contributed by atoms with van der Waals surface area (Å²) in [7, 11) is 1.91. The van der Waals surface area contributed by atoms with E-state index in [0.29, 0.717) is 11.7 Å². The number of likely N-dealkylation sites (N-methyl/N-ethyl adjacent to an activating group) is 1. The van der Waals surface area contributed by atoms with Crippen LogP contribution in [0.15, 0.2) is 24.3 Å². The lowest BCUT2D eigenvalue weighted by atomic mass is 10.1. The number of benzene rings is 1. The SMILES string of the molecule is CN(CCN1CCOCC1)C(=O)[C@@H]1C[C@H]1c1ccc(-c2nn[nH]n2)cc1. The standard InChI is InChI=1S/C18H24N6O2/c1-23(6-7-24-8-10-26-11-9-24)18(25)16-12-15(16)13-2-4-14(5-3-13)17-19-21-22-20-17/h2-5,15-16H,6-12H2,1H3,(H,19,20,21,22)/t15-,16+/m0/s1. The third-order valence-corrected chi connectivity index (χ3v) is 5.28. The molecule has 2 aliphatic rings. The molecule has 1 aliphatic heterocycles. The predicted molar refractivity (Wildman–Crippen MR) is 95.4 cm³/mol. The molecule has 2 aromatic rings. The molecule has 1 aliphatic carbocycles. The normalized spacial score (nSPS) is 23.0. The van der Waals surface area contributed by atoms with Crippen LogP contribution in [0.1, 0.15) is 17.9 Å². The van der Waals surface area contributed by atoms with Crippen LogP contribution in [0.3, 0.4) is 0 Å². The Morgan fingerprint density at radius 2 is 2.08 bits per heavy atom. The van der Waals surface area contributed by atoms with E-state index in [9.17, 15) is 4.79 Å². The molecule has 0 unspecified atom stereocenters. The highest BCUT2D eigenvalue weighted by atomic mass is 16.5. The van der Waals surface area contributed by atoms with Gasteiger partial charge in [-0.2, -0.15) is 5.21 Å². The molecule has 1 amide bonds. The van der Waals surface area contributed by atoms with Crippen LogP contribution in [0, 0.1) is 5.92 Å². The van der Waals surface area contributed by atoms with E-state index >= 15 is 0 Å². The average Bonchev–Trinajstić information content (AvgIpc) is 3.30. The lowest BCUT2D eigenvalue weighted by Gasteiger charge is -2.28. The van der Waals surface area contributed by atoms with Crippen LogP contribution >= 0.6 is 0 Å². The molecule has 1 saturated heterocycles.